The van der Waals surface area contributed by atoms with E-state index in [2.05, 4.69) is 59.9 Å². The highest BCUT2D eigenvalue weighted by molar-refractivity contribution is 9.10. The average Bonchev–Trinajstić information content (AvgIpc) is 2.65. The Morgan fingerprint density at radius 1 is 1.37 bits per heavy atom. The Kier molecular flexibility index (Phi) is 3.86. The summed E-state index contributed by atoms with van der Waals surface area (Å²) in [5.74, 6) is 0. The molecule has 0 aliphatic heterocycles. The lowest BCUT2D eigenvalue weighted by Gasteiger charge is -2.36. The van der Waals surface area contributed by atoms with Gasteiger partial charge in [0.25, 0.3) is 0 Å². The Morgan fingerprint density at radius 3 is 2.68 bits per heavy atom. The lowest BCUT2D eigenvalue weighted by molar-refractivity contribution is 0.277. The van der Waals surface area contributed by atoms with Crippen LogP contribution in [0.15, 0.2) is 23.1 Å². The van der Waals surface area contributed by atoms with Gasteiger partial charge in [0, 0.05) is 11.8 Å². The first-order chi connectivity index (χ1) is 8.71. The van der Waals surface area contributed by atoms with E-state index in [9.17, 15) is 0 Å². The zero-order valence-electron chi connectivity index (χ0n) is 12.1. The van der Waals surface area contributed by atoms with Crippen LogP contribution in [0.25, 0.3) is 5.65 Å². The van der Waals surface area contributed by atoms with Crippen LogP contribution < -0.4 is 0 Å². The molecule has 2 heterocycles. The van der Waals surface area contributed by atoms with Gasteiger partial charge >= 0.3 is 0 Å². The number of pyridine rings is 1. The smallest absolute Gasteiger partial charge is 0.218 e. The summed E-state index contributed by atoms with van der Waals surface area (Å²) in [6.45, 7) is 11.8. The average molecular weight is 342 g/mol. The highest BCUT2D eigenvalue weighted by Crippen LogP contribution is 2.37. The van der Waals surface area contributed by atoms with Gasteiger partial charge in [-0.05, 0) is 40.1 Å². The predicted octanol–water partition coefficient (Wildman–Crippen LogP) is 4.01. The molecule has 0 fully saturated rings. The Hall–Kier alpha value is -0.723. The number of aromatic nitrogens is 3. The Labute approximate surface area is 123 Å². The molecule has 4 nitrogen and oxygen atoms in total. The van der Waals surface area contributed by atoms with E-state index in [1.807, 2.05) is 18.3 Å². The van der Waals surface area contributed by atoms with Crippen molar-refractivity contribution in [3.63, 3.8) is 0 Å². The molecule has 19 heavy (non-hydrogen) atoms. The fourth-order valence-electron chi connectivity index (χ4n) is 1.52. The number of hydrogen-bond donors (Lipinski definition) is 0. The summed E-state index contributed by atoms with van der Waals surface area (Å²) in [6, 6.07) is 4.02. The number of hydrogen-bond acceptors (Lipinski definition) is 3. The third-order valence-corrected chi connectivity index (χ3v) is 8.63. The van der Waals surface area contributed by atoms with Crippen LogP contribution in [0.1, 0.15) is 26.3 Å². The molecule has 0 aliphatic carbocycles. The minimum absolute atomic E-state index is 0.215. The molecule has 0 bridgehead atoms. The van der Waals surface area contributed by atoms with Crippen LogP contribution in [0.5, 0.6) is 0 Å². The van der Waals surface area contributed by atoms with Crippen LogP contribution in [0.4, 0.5) is 0 Å². The normalized spacial score (nSPS) is 13.2. The minimum Gasteiger partial charge on any atom is -0.412 e. The van der Waals surface area contributed by atoms with Crippen LogP contribution >= 0.6 is 15.9 Å². The van der Waals surface area contributed by atoms with Gasteiger partial charge in [-0.1, -0.05) is 26.8 Å². The first kappa shape index (κ1) is 14.7. The van der Waals surface area contributed by atoms with E-state index in [0.717, 1.165) is 11.2 Å². The van der Waals surface area contributed by atoms with Crippen molar-refractivity contribution in [3.05, 3.63) is 28.6 Å². The van der Waals surface area contributed by atoms with E-state index < -0.39 is 8.32 Å². The maximum absolute atomic E-state index is 6.24. The van der Waals surface area contributed by atoms with Crippen molar-refractivity contribution in [2.24, 2.45) is 0 Å². The molecule has 0 aromatic carbocycles. The molecule has 104 valence electrons. The third kappa shape index (κ3) is 3.06. The highest BCUT2D eigenvalue weighted by atomic mass is 79.9. The van der Waals surface area contributed by atoms with Crippen LogP contribution in [0, 0.1) is 0 Å². The summed E-state index contributed by atoms with van der Waals surface area (Å²) < 4.78 is 8.62. The van der Waals surface area contributed by atoms with Crippen LogP contribution in [0.3, 0.4) is 0 Å². The van der Waals surface area contributed by atoms with Gasteiger partial charge in [0.2, 0.25) is 4.73 Å². The predicted molar refractivity (Wildman–Crippen MR) is 82.7 cm³/mol. The molecule has 0 saturated heterocycles. The van der Waals surface area contributed by atoms with Crippen molar-refractivity contribution >= 4 is 29.9 Å². The lowest BCUT2D eigenvalue weighted by Crippen LogP contribution is -2.40. The van der Waals surface area contributed by atoms with Gasteiger partial charge in [0.05, 0.1) is 6.61 Å². The van der Waals surface area contributed by atoms with E-state index in [1.165, 1.54) is 0 Å². The van der Waals surface area contributed by atoms with Gasteiger partial charge < -0.3 is 4.43 Å². The van der Waals surface area contributed by atoms with E-state index >= 15 is 0 Å². The van der Waals surface area contributed by atoms with E-state index in [4.69, 9.17) is 4.43 Å². The Balaban J connectivity index is 2.23. The van der Waals surface area contributed by atoms with E-state index in [1.54, 1.807) is 4.52 Å². The fraction of sp³-hybridized carbons (Fsp3) is 0.538. The SMILES string of the molecule is CC(C)(C)[Si](C)(C)OCc1cccn2nc(Br)nc12. The van der Waals surface area contributed by atoms with Gasteiger partial charge in [-0.2, -0.15) is 0 Å². The largest absolute Gasteiger partial charge is 0.412 e. The molecular weight excluding hydrogens is 322 g/mol. The van der Waals surface area contributed by atoms with Gasteiger partial charge in [0.15, 0.2) is 14.0 Å². The van der Waals surface area contributed by atoms with Gasteiger partial charge in [-0.25, -0.2) is 9.50 Å². The van der Waals surface area contributed by atoms with Crippen molar-refractivity contribution in [2.45, 2.75) is 45.5 Å². The molecule has 2 aromatic rings. The number of nitrogens with zero attached hydrogens (tertiary/aromatic N) is 3. The summed E-state index contributed by atoms with van der Waals surface area (Å²) in [7, 11) is -1.74. The van der Waals surface area contributed by atoms with Crippen molar-refractivity contribution in [2.75, 3.05) is 0 Å². The maximum Gasteiger partial charge on any atom is 0.218 e. The fourth-order valence-corrected chi connectivity index (χ4v) is 2.81. The quantitative estimate of drug-likeness (QED) is 0.791. The Morgan fingerprint density at radius 2 is 2.05 bits per heavy atom. The standard InChI is InChI=1S/C13H20BrN3OSi/c1-13(2,3)19(4,5)18-9-10-7-6-8-17-11(10)15-12(14)16-17/h6-8H,9H2,1-5H3. The van der Waals surface area contributed by atoms with E-state index in [0.29, 0.717) is 11.3 Å². The first-order valence-corrected chi connectivity index (χ1v) is 10.0. The summed E-state index contributed by atoms with van der Waals surface area (Å²) >= 11 is 3.31. The molecule has 0 atom stereocenters. The van der Waals surface area contributed by atoms with Crippen molar-refractivity contribution in [1.29, 1.82) is 0 Å². The van der Waals surface area contributed by atoms with Crippen LogP contribution in [-0.4, -0.2) is 22.9 Å². The molecule has 2 aromatic heterocycles. The second-order valence-corrected chi connectivity index (χ2v) is 11.7. The number of fused-ring (bicyclic) bond motifs is 1. The minimum atomic E-state index is -1.74. The molecular formula is C13H20BrN3OSi. The molecule has 0 saturated carbocycles. The first-order valence-electron chi connectivity index (χ1n) is 6.34. The molecule has 0 radical (unpaired) electrons. The zero-order valence-corrected chi connectivity index (χ0v) is 14.7. The van der Waals surface area contributed by atoms with Gasteiger partial charge in [-0.3, -0.25) is 0 Å². The van der Waals surface area contributed by atoms with Crippen LogP contribution in [0.2, 0.25) is 18.1 Å². The topological polar surface area (TPSA) is 39.4 Å². The molecule has 0 unspecified atom stereocenters. The van der Waals surface area contributed by atoms with E-state index in [-0.39, 0.29) is 5.04 Å². The maximum atomic E-state index is 6.24. The summed E-state index contributed by atoms with van der Waals surface area (Å²) in [6.07, 6.45) is 1.89. The summed E-state index contributed by atoms with van der Waals surface area (Å²) in [4.78, 5) is 4.38. The molecule has 0 spiro atoms. The Bertz CT molecular complexity index is 589. The lowest BCUT2D eigenvalue weighted by atomic mass is 10.2. The summed E-state index contributed by atoms with van der Waals surface area (Å²) in [5, 5.41) is 4.46. The highest BCUT2D eigenvalue weighted by Gasteiger charge is 2.37. The van der Waals surface area contributed by atoms with Crippen LogP contribution in [-0.2, 0) is 11.0 Å². The van der Waals surface area contributed by atoms with Gasteiger partial charge in [-0.15, -0.1) is 5.10 Å². The molecule has 0 amide bonds. The molecule has 0 N–H and O–H groups in total. The summed E-state index contributed by atoms with van der Waals surface area (Å²) in [5.41, 5.74) is 1.93. The second kappa shape index (κ2) is 4.99. The molecule has 2 rings (SSSR count). The number of halogens is 1. The van der Waals surface area contributed by atoms with Crippen molar-refractivity contribution in [1.82, 2.24) is 14.6 Å². The zero-order chi connectivity index (χ0) is 14.3. The van der Waals surface area contributed by atoms with Gasteiger partial charge in [0.1, 0.15) is 0 Å². The monoisotopic (exact) mass is 341 g/mol. The van der Waals surface area contributed by atoms with Crippen molar-refractivity contribution in [3.8, 4) is 0 Å². The third-order valence-electron chi connectivity index (χ3n) is 3.81. The number of rotatable bonds is 3. The van der Waals surface area contributed by atoms with Crippen molar-refractivity contribution < 1.29 is 4.43 Å². The second-order valence-electron chi connectivity index (χ2n) is 6.23. The molecule has 0 aliphatic rings. The molecule has 6 heteroatoms.